The number of rotatable bonds is 3. The number of hydrogen-bond donors (Lipinski definition) is 1. The van der Waals surface area contributed by atoms with Crippen LogP contribution in [0, 0.1) is 3.57 Å². The quantitative estimate of drug-likeness (QED) is 0.669. The summed E-state index contributed by atoms with van der Waals surface area (Å²) in [6.07, 6.45) is 0. The highest BCUT2D eigenvalue weighted by Crippen LogP contribution is 2.26. The summed E-state index contributed by atoms with van der Waals surface area (Å²) in [5.41, 5.74) is 0.366. The summed E-state index contributed by atoms with van der Waals surface area (Å²) in [4.78, 5) is 0.185. The van der Waals surface area contributed by atoms with E-state index in [0.29, 0.717) is 10.7 Å². The molecule has 100 valence electrons. The van der Waals surface area contributed by atoms with E-state index in [0.717, 1.165) is 8.04 Å². The largest absolute Gasteiger partial charge is 0.278 e. The Hall–Kier alpha value is -0.310. The van der Waals surface area contributed by atoms with E-state index in [1.807, 2.05) is 0 Å². The van der Waals surface area contributed by atoms with E-state index < -0.39 is 10.0 Å². The zero-order chi connectivity index (χ0) is 14.0. The molecule has 0 aliphatic carbocycles. The summed E-state index contributed by atoms with van der Waals surface area (Å²) in [6.45, 7) is 0. The highest BCUT2D eigenvalue weighted by atomic mass is 127. The van der Waals surface area contributed by atoms with Crippen LogP contribution in [0.2, 0.25) is 5.02 Å². The van der Waals surface area contributed by atoms with Gasteiger partial charge in [-0.25, -0.2) is 8.42 Å². The van der Waals surface area contributed by atoms with Crippen molar-refractivity contribution in [1.82, 2.24) is 0 Å². The lowest BCUT2D eigenvalue weighted by molar-refractivity contribution is 0.601. The Kier molecular flexibility index (Phi) is 4.75. The van der Waals surface area contributed by atoms with Gasteiger partial charge < -0.3 is 0 Å². The minimum absolute atomic E-state index is 0.185. The second kappa shape index (κ2) is 5.99. The number of benzene rings is 2. The maximum Gasteiger partial charge on any atom is 0.261 e. The van der Waals surface area contributed by atoms with Gasteiger partial charge in [0.15, 0.2) is 0 Å². The molecule has 0 fully saturated rings. The molecule has 0 spiro atoms. The van der Waals surface area contributed by atoms with Crippen molar-refractivity contribution in [3.8, 4) is 0 Å². The zero-order valence-electron chi connectivity index (χ0n) is 9.40. The number of hydrogen-bond acceptors (Lipinski definition) is 2. The molecule has 0 saturated carbocycles. The fraction of sp³-hybridized carbons (Fsp3) is 0. The smallest absolute Gasteiger partial charge is 0.261 e. The van der Waals surface area contributed by atoms with Crippen molar-refractivity contribution in [3.05, 3.63) is 55.5 Å². The molecule has 7 heteroatoms. The van der Waals surface area contributed by atoms with Crippen molar-refractivity contribution >= 4 is 65.8 Å². The zero-order valence-corrected chi connectivity index (χ0v) is 14.7. The molecule has 2 aromatic rings. The molecule has 0 unspecified atom stereocenters. The van der Waals surface area contributed by atoms with Crippen LogP contribution in [0.1, 0.15) is 0 Å². The van der Waals surface area contributed by atoms with Crippen LogP contribution in [0.4, 0.5) is 5.69 Å². The SMILES string of the molecule is O=S(=O)(Nc1ccc(I)cc1Cl)c1ccc(Br)cc1. The van der Waals surface area contributed by atoms with Gasteiger partial charge in [0, 0.05) is 8.04 Å². The predicted octanol–water partition coefficient (Wildman–Crippen LogP) is 4.51. The Labute approximate surface area is 138 Å². The van der Waals surface area contributed by atoms with Crippen LogP contribution in [0.5, 0.6) is 0 Å². The molecule has 0 saturated heterocycles. The van der Waals surface area contributed by atoms with E-state index in [-0.39, 0.29) is 4.90 Å². The third-order valence-corrected chi connectivity index (χ3v) is 5.19. The summed E-state index contributed by atoms with van der Waals surface area (Å²) in [5, 5.41) is 0.368. The van der Waals surface area contributed by atoms with Crippen molar-refractivity contribution in [1.29, 1.82) is 0 Å². The predicted molar refractivity (Wildman–Crippen MR) is 89.1 cm³/mol. The summed E-state index contributed by atoms with van der Waals surface area (Å²) in [7, 11) is -3.62. The third kappa shape index (κ3) is 3.84. The number of sulfonamides is 1. The maximum atomic E-state index is 12.2. The van der Waals surface area contributed by atoms with E-state index in [2.05, 4.69) is 43.2 Å². The Balaban J connectivity index is 2.33. The first-order chi connectivity index (χ1) is 8.88. The van der Waals surface area contributed by atoms with E-state index in [4.69, 9.17) is 11.6 Å². The van der Waals surface area contributed by atoms with Crippen molar-refractivity contribution in [3.63, 3.8) is 0 Å². The molecule has 0 amide bonds. The highest BCUT2D eigenvalue weighted by Gasteiger charge is 2.15. The number of anilines is 1. The first kappa shape index (κ1) is 15.1. The molecular formula is C12H8BrClINO2S. The average Bonchev–Trinajstić information content (AvgIpc) is 2.33. The highest BCUT2D eigenvalue weighted by molar-refractivity contribution is 14.1. The third-order valence-electron chi connectivity index (χ3n) is 2.30. The molecule has 0 radical (unpaired) electrons. The fourth-order valence-corrected chi connectivity index (χ4v) is 3.69. The molecule has 0 aliphatic heterocycles. The Morgan fingerprint density at radius 2 is 1.74 bits per heavy atom. The Morgan fingerprint density at radius 1 is 1.11 bits per heavy atom. The van der Waals surface area contributed by atoms with E-state index >= 15 is 0 Å². The molecule has 19 heavy (non-hydrogen) atoms. The van der Waals surface area contributed by atoms with Crippen LogP contribution in [0.15, 0.2) is 51.8 Å². The molecule has 0 bridgehead atoms. The lowest BCUT2D eigenvalue weighted by atomic mass is 10.3. The normalized spacial score (nSPS) is 11.3. The van der Waals surface area contributed by atoms with Gasteiger partial charge in [-0.2, -0.15) is 0 Å². The second-order valence-corrected chi connectivity index (χ2v) is 7.93. The number of halogens is 3. The molecule has 0 heterocycles. The molecule has 2 aromatic carbocycles. The van der Waals surface area contributed by atoms with Gasteiger partial charge in [0.2, 0.25) is 0 Å². The minimum Gasteiger partial charge on any atom is -0.278 e. The average molecular weight is 473 g/mol. The van der Waals surface area contributed by atoms with Gasteiger partial charge in [0.05, 0.1) is 15.6 Å². The van der Waals surface area contributed by atoms with E-state index in [9.17, 15) is 8.42 Å². The molecule has 1 N–H and O–H groups in total. The van der Waals surface area contributed by atoms with Gasteiger partial charge in [-0.1, -0.05) is 27.5 Å². The molecule has 0 aliphatic rings. The first-order valence-electron chi connectivity index (χ1n) is 5.12. The molecule has 0 atom stereocenters. The fourth-order valence-electron chi connectivity index (χ4n) is 1.39. The summed E-state index contributed by atoms with van der Waals surface area (Å²) in [5.74, 6) is 0. The van der Waals surface area contributed by atoms with Gasteiger partial charge >= 0.3 is 0 Å². The lowest BCUT2D eigenvalue weighted by Gasteiger charge is -2.10. The molecule has 2 rings (SSSR count). The van der Waals surface area contributed by atoms with Crippen molar-refractivity contribution in [2.45, 2.75) is 4.90 Å². The molecule has 0 aromatic heterocycles. The first-order valence-corrected chi connectivity index (χ1v) is 8.85. The van der Waals surface area contributed by atoms with E-state index in [1.165, 1.54) is 12.1 Å². The number of nitrogens with one attached hydrogen (secondary N) is 1. The van der Waals surface area contributed by atoms with Gasteiger partial charge in [-0.3, -0.25) is 4.72 Å². The monoisotopic (exact) mass is 471 g/mol. The minimum atomic E-state index is -3.62. The van der Waals surface area contributed by atoms with Crippen molar-refractivity contribution in [2.75, 3.05) is 4.72 Å². The van der Waals surface area contributed by atoms with E-state index in [1.54, 1.807) is 30.3 Å². The van der Waals surface area contributed by atoms with Crippen LogP contribution >= 0.6 is 50.1 Å². The standard InChI is InChI=1S/C12H8BrClINO2S/c13-8-1-4-10(5-2-8)19(17,18)16-12-6-3-9(15)7-11(12)14/h1-7,16H. The van der Waals surface area contributed by atoms with Crippen LogP contribution in [-0.4, -0.2) is 8.42 Å². The van der Waals surface area contributed by atoms with Gasteiger partial charge in [-0.05, 0) is 65.1 Å². The van der Waals surface area contributed by atoms with Gasteiger partial charge in [0.25, 0.3) is 10.0 Å². The summed E-state index contributed by atoms with van der Waals surface area (Å²) in [6, 6.07) is 11.5. The van der Waals surface area contributed by atoms with Crippen molar-refractivity contribution < 1.29 is 8.42 Å². The molecular weight excluding hydrogens is 464 g/mol. The molecule has 3 nitrogen and oxygen atoms in total. The topological polar surface area (TPSA) is 46.2 Å². The summed E-state index contributed by atoms with van der Waals surface area (Å²) < 4.78 is 28.6. The lowest BCUT2D eigenvalue weighted by Crippen LogP contribution is -2.13. The van der Waals surface area contributed by atoms with Crippen LogP contribution in [0.25, 0.3) is 0 Å². The van der Waals surface area contributed by atoms with Crippen molar-refractivity contribution in [2.24, 2.45) is 0 Å². The maximum absolute atomic E-state index is 12.2. The Bertz CT molecular complexity index is 704. The summed E-state index contributed by atoms with van der Waals surface area (Å²) >= 11 is 11.4. The van der Waals surface area contributed by atoms with Crippen LogP contribution in [-0.2, 0) is 10.0 Å². The van der Waals surface area contributed by atoms with Gasteiger partial charge in [-0.15, -0.1) is 0 Å². The van der Waals surface area contributed by atoms with Crippen LogP contribution < -0.4 is 4.72 Å². The van der Waals surface area contributed by atoms with Gasteiger partial charge in [0.1, 0.15) is 0 Å². The second-order valence-electron chi connectivity index (χ2n) is 3.68. The van der Waals surface area contributed by atoms with Crippen LogP contribution in [0.3, 0.4) is 0 Å². The Morgan fingerprint density at radius 3 is 2.32 bits per heavy atom.